The second-order valence-corrected chi connectivity index (χ2v) is 4.65. The van der Waals surface area contributed by atoms with Crippen LogP contribution >= 0.6 is 0 Å². The zero-order chi connectivity index (χ0) is 10.9. The van der Waals surface area contributed by atoms with Gasteiger partial charge in [0.1, 0.15) is 12.2 Å². The van der Waals surface area contributed by atoms with Gasteiger partial charge in [-0.15, -0.1) is 0 Å². The van der Waals surface area contributed by atoms with Gasteiger partial charge in [-0.1, -0.05) is 0 Å². The van der Waals surface area contributed by atoms with Gasteiger partial charge in [0.2, 0.25) is 0 Å². The molecule has 7 nitrogen and oxygen atoms in total. The van der Waals surface area contributed by atoms with Gasteiger partial charge < -0.3 is 20.1 Å². The predicted octanol–water partition coefficient (Wildman–Crippen LogP) is -2.60. The highest BCUT2D eigenvalue weighted by Gasteiger charge is 2.40. The normalized spacial score (nSPS) is 39.7. The largest absolute Gasteiger partial charge is 0.388 e. The molecule has 4 atom stereocenters. The first-order valence-corrected chi connectivity index (χ1v) is 5.67. The van der Waals surface area contributed by atoms with Crippen molar-refractivity contribution in [3.63, 3.8) is 0 Å². The van der Waals surface area contributed by atoms with E-state index in [1.807, 2.05) is 0 Å². The third-order valence-corrected chi connectivity index (χ3v) is 2.31. The number of ether oxygens (including phenoxy) is 1. The zero-order valence-electron chi connectivity index (χ0n) is 7.40. The summed E-state index contributed by atoms with van der Waals surface area (Å²) in [5.41, 5.74) is 0. The molecule has 1 fully saturated rings. The van der Waals surface area contributed by atoms with Crippen molar-refractivity contribution in [1.82, 2.24) is 0 Å². The second kappa shape index (κ2) is 4.09. The molecule has 0 aromatic heterocycles. The molecule has 0 saturated carbocycles. The van der Waals surface area contributed by atoms with Crippen LogP contribution in [0.15, 0.2) is 0 Å². The van der Waals surface area contributed by atoms with E-state index in [9.17, 15) is 13.5 Å². The Morgan fingerprint density at radius 2 is 1.93 bits per heavy atom. The summed E-state index contributed by atoms with van der Waals surface area (Å²) in [4.78, 5) is 0. The minimum Gasteiger partial charge on any atom is -0.388 e. The van der Waals surface area contributed by atoms with Crippen LogP contribution in [0.25, 0.3) is 0 Å². The van der Waals surface area contributed by atoms with E-state index in [1.165, 1.54) is 0 Å². The minimum atomic E-state index is -3.82. The first kappa shape index (κ1) is 11.8. The van der Waals surface area contributed by atoms with E-state index in [0.717, 1.165) is 6.26 Å². The summed E-state index contributed by atoms with van der Waals surface area (Å²) in [6, 6.07) is 0. The summed E-state index contributed by atoms with van der Waals surface area (Å²) in [6.45, 7) is -0.272. The van der Waals surface area contributed by atoms with Gasteiger partial charge in [0.25, 0.3) is 10.1 Å². The maximum absolute atomic E-state index is 10.7. The van der Waals surface area contributed by atoms with Crippen LogP contribution in [0.4, 0.5) is 0 Å². The lowest BCUT2D eigenvalue weighted by Gasteiger charge is -2.34. The molecule has 84 valence electrons. The molecule has 3 N–H and O–H groups in total. The summed E-state index contributed by atoms with van der Waals surface area (Å²) in [6.07, 6.45) is -5.05. The highest BCUT2D eigenvalue weighted by atomic mass is 32.2. The number of hydrogen-bond donors (Lipinski definition) is 3. The van der Waals surface area contributed by atoms with Gasteiger partial charge in [-0.2, -0.15) is 8.42 Å². The van der Waals surface area contributed by atoms with Crippen molar-refractivity contribution in [2.75, 3.05) is 12.9 Å². The van der Waals surface area contributed by atoms with Crippen LogP contribution in [-0.4, -0.2) is 61.2 Å². The van der Waals surface area contributed by atoms with Gasteiger partial charge in [-0.3, -0.25) is 4.18 Å². The highest BCUT2D eigenvalue weighted by Crippen LogP contribution is 2.18. The summed E-state index contributed by atoms with van der Waals surface area (Å²) in [7, 11) is -3.82. The first-order chi connectivity index (χ1) is 6.31. The maximum atomic E-state index is 10.7. The van der Waals surface area contributed by atoms with E-state index >= 15 is 0 Å². The standard InChI is InChI=1S/C6H12O7S/c1-14(10,11)13-5-4(8)3(7)2-12-6(5)9/h3-9H,2H2,1H3/t3-,4-,5-,6+/m1/s1. The SMILES string of the molecule is CS(=O)(=O)O[C@@H]1[C@H](O)[C@H](O)CO[C@@H]1O. The minimum absolute atomic E-state index is 0.272. The van der Waals surface area contributed by atoms with Crippen LogP contribution in [0, 0.1) is 0 Å². The van der Waals surface area contributed by atoms with Gasteiger partial charge in [0.05, 0.1) is 12.9 Å². The molecule has 0 bridgehead atoms. The Hall–Kier alpha value is -0.250. The molecule has 14 heavy (non-hydrogen) atoms. The molecule has 1 saturated heterocycles. The van der Waals surface area contributed by atoms with Crippen LogP contribution in [-0.2, 0) is 19.0 Å². The Labute approximate surface area is 81.0 Å². The molecule has 0 aromatic carbocycles. The fraction of sp³-hybridized carbons (Fsp3) is 1.00. The van der Waals surface area contributed by atoms with E-state index in [-0.39, 0.29) is 6.61 Å². The van der Waals surface area contributed by atoms with Crippen molar-refractivity contribution >= 4 is 10.1 Å². The third-order valence-electron chi connectivity index (χ3n) is 1.74. The Kier molecular flexibility index (Phi) is 3.45. The van der Waals surface area contributed by atoms with Crippen molar-refractivity contribution in [3.05, 3.63) is 0 Å². The van der Waals surface area contributed by atoms with Gasteiger partial charge in [0.15, 0.2) is 12.4 Å². The Morgan fingerprint density at radius 1 is 1.36 bits per heavy atom. The molecular weight excluding hydrogens is 216 g/mol. The van der Waals surface area contributed by atoms with Crippen molar-refractivity contribution < 1.29 is 32.7 Å². The lowest BCUT2D eigenvalue weighted by molar-refractivity contribution is -0.243. The fourth-order valence-corrected chi connectivity index (χ4v) is 1.70. The zero-order valence-corrected chi connectivity index (χ0v) is 8.22. The molecule has 0 radical (unpaired) electrons. The first-order valence-electron chi connectivity index (χ1n) is 3.85. The van der Waals surface area contributed by atoms with Crippen LogP contribution in [0.1, 0.15) is 0 Å². The molecule has 1 rings (SSSR count). The summed E-state index contributed by atoms with van der Waals surface area (Å²) in [5.74, 6) is 0. The van der Waals surface area contributed by atoms with E-state index in [0.29, 0.717) is 0 Å². The lowest BCUT2D eigenvalue weighted by Crippen LogP contribution is -2.54. The molecule has 0 unspecified atom stereocenters. The second-order valence-electron chi connectivity index (χ2n) is 3.05. The van der Waals surface area contributed by atoms with Gasteiger partial charge in [0, 0.05) is 0 Å². The summed E-state index contributed by atoms with van der Waals surface area (Å²) >= 11 is 0. The molecule has 8 heteroatoms. The molecule has 0 aliphatic carbocycles. The highest BCUT2D eigenvalue weighted by molar-refractivity contribution is 7.86. The lowest BCUT2D eigenvalue weighted by atomic mass is 10.1. The Bertz CT molecular complexity index is 287. The number of aliphatic hydroxyl groups excluding tert-OH is 3. The fourth-order valence-electron chi connectivity index (χ4n) is 1.08. The molecule has 0 amide bonds. The van der Waals surface area contributed by atoms with Crippen molar-refractivity contribution in [2.45, 2.75) is 24.6 Å². The molecule has 1 aliphatic heterocycles. The van der Waals surface area contributed by atoms with E-state index in [4.69, 9.17) is 10.2 Å². The van der Waals surface area contributed by atoms with Crippen LogP contribution in [0.2, 0.25) is 0 Å². The van der Waals surface area contributed by atoms with E-state index < -0.39 is 34.7 Å². The van der Waals surface area contributed by atoms with Crippen LogP contribution in [0.3, 0.4) is 0 Å². The molecular formula is C6H12O7S. The molecule has 1 heterocycles. The third kappa shape index (κ3) is 2.87. The number of aliphatic hydroxyl groups is 3. The van der Waals surface area contributed by atoms with Gasteiger partial charge >= 0.3 is 0 Å². The summed E-state index contributed by atoms with van der Waals surface area (Å²) in [5, 5.41) is 27.5. The smallest absolute Gasteiger partial charge is 0.264 e. The predicted molar refractivity (Wildman–Crippen MR) is 43.7 cm³/mol. The van der Waals surface area contributed by atoms with Crippen molar-refractivity contribution in [2.24, 2.45) is 0 Å². The van der Waals surface area contributed by atoms with Crippen molar-refractivity contribution in [3.8, 4) is 0 Å². The average Bonchev–Trinajstić information content (AvgIpc) is 2.04. The molecule has 0 spiro atoms. The topological polar surface area (TPSA) is 113 Å². The molecule has 1 aliphatic rings. The average molecular weight is 228 g/mol. The van der Waals surface area contributed by atoms with Crippen LogP contribution < -0.4 is 0 Å². The summed E-state index contributed by atoms with van der Waals surface area (Å²) < 4.78 is 30.4. The Balaban J connectivity index is 2.73. The number of hydrogen-bond acceptors (Lipinski definition) is 7. The van der Waals surface area contributed by atoms with Gasteiger partial charge in [-0.25, -0.2) is 0 Å². The van der Waals surface area contributed by atoms with Gasteiger partial charge in [-0.05, 0) is 0 Å². The van der Waals surface area contributed by atoms with Crippen LogP contribution in [0.5, 0.6) is 0 Å². The molecule has 0 aromatic rings. The Morgan fingerprint density at radius 3 is 2.43 bits per heavy atom. The maximum Gasteiger partial charge on any atom is 0.264 e. The number of rotatable bonds is 2. The quantitative estimate of drug-likeness (QED) is 0.444. The van der Waals surface area contributed by atoms with E-state index in [2.05, 4.69) is 8.92 Å². The monoisotopic (exact) mass is 228 g/mol. The van der Waals surface area contributed by atoms with Crippen molar-refractivity contribution in [1.29, 1.82) is 0 Å². The van der Waals surface area contributed by atoms with E-state index in [1.54, 1.807) is 0 Å².